The number of nitrogens with zero attached hydrogens (tertiary/aromatic N) is 2. The van der Waals surface area contributed by atoms with Gasteiger partial charge in [-0.05, 0) is 24.8 Å². The van der Waals surface area contributed by atoms with Crippen molar-refractivity contribution in [1.82, 2.24) is 4.98 Å². The van der Waals surface area contributed by atoms with Gasteiger partial charge in [-0.1, -0.05) is 18.9 Å². The molecule has 16 heavy (non-hydrogen) atoms. The van der Waals surface area contributed by atoms with E-state index in [4.69, 9.17) is 5.73 Å². The number of anilines is 1. The van der Waals surface area contributed by atoms with E-state index in [0.717, 1.165) is 23.8 Å². The van der Waals surface area contributed by atoms with Crippen molar-refractivity contribution in [3.05, 3.63) is 23.9 Å². The lowest BCUT2D eigenvalue weighted by atomic mass is 10.1. The SMILES string of the molecule is CN(CC1CCCC1)c1ncccc1CN. The lowest BCUT2D eigenvalue weighted by Gasteiger charge is -2.23. The Kier molecular flexibility index (Phi) is 3.78. The number of nitrogens with two attached hydrogens (primary N) is 1. The summed E-state index contributed by atoms with van der Waals surface area (Å²) in [5.41, 5.74) is 6.87. The minimum atomic E-state index is 0.568. The molecule has 88 valence electrons. The zero-order valence-corrected chi connectivity index (χ0v) is 10.0. The molecule has 0 aliphatic heterocycles. The Bertz CT molecular complexity index is 332. The van der Waals surface area contributed by atoms with Gasteiger partial charge >= 0.3 is 0 Å². The second kappa shape index (κ2) is 5.30. The Morgan fingerprint density at radius 1 is 1.44 bits per heavy atom. The highest BCUT2D eigenvalue weighted by molar-refractivity contribution is 5.45. The first-order valence-electron chi connectivity index (χ1n) is 6.16. The average Bonchev–Trinajstić information content (AvgIpc) is 2.81. The molecule has 0 atom stereocenters. The van der Waals surface area contributed by atoms with Crippen LogP contribution in [0.3, 0.4) is 0 Å². The van der Waals surface area contributed by atoms with Gasteiger partial charge in [0.15, 0.2) is 0 Å². The Morgan fingerprint density at radius 3 is 2.88 bits per heavy atom. The Labute approximate surface area is 97.7 Å². The maximum atomic E-state index is 5.73. The van der Waals surface area contributed by atoms with Crippen LogP contribution in [0.5, 0.6) is 0 Å². The second-order valence-electron chi connectivity index (χ2n) is 4.72. The Balaban J connectivity index is 2.04. The van der Waals surface area contributed by atoms with E-state index in [-0.39, 0.29) is 0 Å². The number of rotatable bonds is 4. The number of hydrogen-bond donors (Lipinski definition) is 1. The highest BCUT2D eigenvalue weighted by Gasteiger charge is 2.18. The topological polar surface area (TPSA) is 42.2 Å². The van der Waals surface area contributed by atoms with Crippen LogP contribution in [0.15, 0.2) is 18.3 Å². The molecule has 0 bridgehead atoms. The first-order valence-corrected chi connectivity index (χ1v) is 6.16. The molecule has 1 heterocycles. The smallest absolute Gasteiger partial charge is 0.132 e. The minimum absolute atomic E-state index is 0.568. The molecule has 0 saturated heterocycles. The molecule has 0 unspecified atom stereocenters. The third kappa shape index (κ3) is 2.53. The Morgan fingerprint density at radius 2 is 2.19 bits per heavy atom. The summed E-state index contributed by atoms with van der Waals surface area (Å²) in [5, 5.41) is 0. The van der Waals surface area contributed by atoms with E-state index in [2.05, 4.69) is 23.0 Å². The summed E-state index contributed by atoms with van der Waals surface area (Å²) in [6.07, 6.45) is 7.37. The van der Waals surface area contributed by atoms with Gasteiger partial charge in [0.05, 0.1) is 0 Å². The molecule has 0 radical (unpaired) electrons. The van der Waals surface area contributed by atoms with Gasteiger partial charge in [-0.25, -0.2) is 4.98 Å². The molecule has 1 aliphatic rings. The molecule has 3 nitrogen and oxygen atoms in total. The molecule has 1 aromatic heterocycles. The van der Waals surface area contributed by atoms with Crippen LogP contribution in [0, 0.1) is 5.92 Å². The van der Waals surface area contributed by atoms with Crippen molar-refractivity contribution < 1.29 is 0 Å². The molecular formula is C13H21N3. The van der Waals surface area contributed by atoms with Crippen molar-refractivity contribution in [2.75, 3.05) is 18.5 Å². The molecule has 1 fully saturated rings. The van der Waals surface area contributed by atoms with Crippen LogP contribution in [-0.2, 0) is 6.54 Å². The molecule has 1 saturated carbocycles. The van der Waals surface area contributed by atoms with E-state index in [9.17, 15) is 0 Å². The second-order valence-corrected chi connectivity index (χ2v) is 4.72. The van der Waals surface area contributed by atoms with Crippen molar-refractivity contribution in [3.63, 3.8) is 0 Å². The van der Waals surface area contributed by atoms with E-state index in [1.54, 1.807) is 0 Å². The van der Waals surface area contributed by atoms with Gasteiger partial charge in [0, 0.05) is 31.9 Å². The van der Waals surface area contributed by atoms with E-state index in [1.807, 2.05) is 12.3 Å². The van der Waals surface area contributed by atoms with Crippen LogP contribution in [0.2, 0.25) is 0 Å². The summed E-state index contributed by atoms with van der Waals surface area (Å²) in [6, 6.07) is 4.02. The quantitative estimate of drug-likeness (QED) is 0.844. The first kappa shape index (κ1) is 11.4. The molecule has 3 heteroatoms. The van der Waals surface area contributed by atoms with Gasteiger partial charge in [-0.2, -0.15) is 0 Å². The van der Waals surface area contributed by atoms with Gasteiger partial charge in [-0.3, -0.25) is 0 Å². The van der Waals surface area contributed by atoms with Gasteiger partial charge < -0.3 is 10.6 Å². The van der Waals surface area contributed by atoms with E-state index < -0.39 is 0 Å². The molecule has 2 N–H and O–H groups in total. The van der Waals surface area contributed by atoms with E-state index >= 15 is 0 Å². The summed E-state index contributed by atoms with van der Waals surface area (Å²) >= 11 is 0. The minimum Gasteiger partial charge on any atom is -0.359 e. The van der Waals surface area contributed by atoms with Crippen LogP contribution in [0.25, 0.3) is 0 Å². The maximum Gasteiger partial charge on any atom is 0.132 e. The highest BCUT2D eigenvalue weighted by atomic mass is 15.2. The lowest BCUT2D eigenvalue weighted by molar-refractivity contribution is 0.544. The zero-order chi connectivity index (χ0) is 11.4. The summed E-state index contributed by atoms with van der Waals surface area (Å²) in [5.74, 6) is 1.90. The molecule has 0 amide bonds. The maximum absolute atomic E-state index is 5.73. The standard InChI is InChI=1S/C13H21N3/c1-16(10-11-5-2-3-6-11)13-12(9-14)7-4-8-15-13/h4,7-8,11H,2-3,5-6,9-10,14H2,1H3. The molecule has 2 rings (SSSR count). The van der Waals surface area contributed by atoms with Crippen molar-refractivity contribution in [2.45, 2.75) is 32.2 Å². The van der Waals surface area contributed by atoms with Crippen LogP contribution >= 0.6 is 0 Å². The van der Waals surface area contributed by atoms with Crippen LogP contribution in [0.1, 0.15) is 31.2 Å². The molecule has 0 spiro atoms. The molecule has 0 aromatic carbocycles. The molecular weight excluding hydrogens is 198 g/mol. The third-order valence-electron chi connectivity index (χ3n) is 3.46. The van der Waals surface area contributed by atoms with E-state index in [0.29, 0.717) is 6.54 Å². The van der Waals surface area contributed by atoms with Crippen LogP contribution < -0.4 is 10.6 Å². The summed E-state index contributed by atoms with van der Waals surface area (Å²) in [6.45, 7) is 1.68. The fraction of sp³-hybridized carbons (Fsp3) is 0.615. The van der Waals surface area contributed by atoms with Gasteiger partial charge in [0.25, 0.3) is 0 Å². The normalized spacial score (nSPS) is 16.6. The number of pyridine rings is 1. The van der Waals surface area contributed by atoms with E-state index in [1.165, 1.54) is 25.7 Å². The Hall–Kier alpha value is -1.09. The predicted octanol–water partition coefficient (Wildman–Crippen LogP) is 2.17. The fourth-order valence-electron chi connectivity index (χ4n) is 2.60. The molecule has 1 aliphatic carbocycles. The van der Waals surface area contributed by atoms with Crippen molar-refractivity contribution in [1.29, 1.82) is 0 Å². The number of hydrogen-bond acceptors (Lipinski definition) is 3. The predicted molar refractivity (Wildman–Crippen MR) is 67.4 cm³/mol. The van der Waals surface area contributed by atoms with Crippen molar-refractivity contribution >= 4 is 5.82 Å². The first-order chi connectivity index (χ1) is 7.81. The fourth-order valence-corrected chi connectivity index (χ4v) is 2.60. The summed E-state index contributed by atoms with van der Waals surface area (Å²) < 4.78 is 0. The van der Waals surface area contributed by atoms with Crippen LogP contribution in [-0.4, -0.2) is 18.6 Å². The monoisotopic (exact) mass is 219 g/mol. The summed E-state index contributed by atoms with van der Waals surface area (Å²) in [4.78, 5) is 6.70. The zero-order valence-electron chi connectivity index (χ0n) is 10.0. The van der Waals surface area contributed by atoms with Crippen molar-refractivity contribution in [2.24, 2.45) is 11.7 Å². The number of aromatic nitrogens is 1. The highest BCUT2D eigenvalue weighted by Crippen LogP contribution is 2.27. The van der Waals surface area contributed by atoms with Gasteiger partial charge in [0.1, 0.15) is 5.82 Å². The third-order valence-corrected chi connectivity index (χ3v) is 3.46. The summed E-state index contributed by atoms with van der Waals surface area (Å²) in [7, 11) is 2.12. The molecule has 1 aromatic rings. The average molecular weight is 219 g/mol. The van der Waals surface area contributed by atoms with Gasteiger partial charge in [0.2, 0.25) is 0 Å². The largest absolute Gasteiger partial charge is 0.359 e. The van der Waals surface area contributed by atoms with Crippen LogP contribution in [0.4, 0.5) is 5.82 Å². The van der Waals surface area contributed by atoms with Crippen molar-refractivity contribution in [3.8, 4) is 0 Å². The van der Waals surface area contributed by atoms with Gasteiger partial charge in [-0.15, -0.1) is 0 Å². The lowest BCUT2D eigenvalue weighted by Crippen LogP contribution is -2.26.